The Morgan fingerprint density at radius 2 is 1.43 bits per heavy atom. The van der Waals surface area contributed by atoms with Crippen LogP contribution in [-0.4, -0.2) is 55.2 Å². The summed E-state index contributed by atoms with van der Waals surface area (Å²) in [6.07, 6.45) is 8.57. The second kappa shape index (κ2) is 5.81. The van der Waals surface area contributed by atoms with Crippen LogP contribution in [0.2, 0.25) is 0 Å². The fourth-order valence-corrected chi connectivity index (χ4v) is 4.07. The van der Waals surface area contributed by atoms with E-state index in [4.69, 9.17) is 0 Å². The van der Waals surface area contributed by atoms with Crippen molar-refractivity contribution < 1.29 is 4.39 Å². The summed E-state index contributed by atoms with van der Waals surface area (Å²) in [5.74, 6) is 0. The van der Waals surface area contributed by atoms with E-state index >= 15 is 0 Å². The van der Waals surface area contributed by atoms with E-state index in [1.165, 1.54) is 38.8 Å². The van der Waals surface area contributed by atoms with Crippen LogP contribution < -0.4 is 0 Å². The molecular formula is C18H33FN2. The molecule has 2 aliphatic heterocycles. The minimum absolute atomic E-state index is 0.159. The van der Waals surface area contributed by atoms with E-state index in [1.807, 2.05) is 0 Å². The average molecular weight is 296 g/mol. The van der Waals surface area contributed by atoms with E-state index in [-0.39, 0.29) is 5.41 Å². The molecule has 122 valence electrons. The molecule has 0 aromatic carbocycles. The molecule has 4 fully saturated rings. The summed E-state index contributed by atoms with van der Waals surface area (Å²) in [5.41, 5.74) is 1.01. The number of alkyl halides is 1. The molecule has 0 aromatic rings. The molecule has 2 saturated carbocycles. The second-order valence-corrected chi connectivity index (χ2v) is 8.47. The summed E-state index contributed by atoms with van der Waals surface area (Å²) in [5, 5.41) is 0. The lowest BCUT2D eigenvalue weighted by Gasteiger charge is -2.34. The van der Waals surface area contributed by atoms with E-state index in [9.17, 15) is 4.39 Å². The smallest absolute Gasteiger partial charge is 0.107 e. The molecule has 4 aliphatic rings. The molecule has 2 spiro atoms. The fourth-order valence-electron chi connectivity index (χ4n) is 4.07. The third-order valence-electron chi connectivity index (χ3n) is 6.62. The number of rotatable bonds is 1. The van der Waals surface area contributed by atoms with Gasteiger partial charge in [-0.15, -0.1) is 0 Å². The van der Waals surface area contributed by atoms with Gasteiger partial charge in [0.1, 0.15) is 6.17 Å². The standard InChI is InChI=1S/C10H19N.C8H14FN/c1-9(2)11-7-5-10(3-4-10)6-8-11;1-10-4-2-8(3-5-10)6-7(8)9/h9H,3-8H2,1-2H3;7H,2-6H2,1H3. The lowest BCUT2D eigenvalue weighted by Crippen LogP contribution is -2.38. The van der Waals surface area contributed by atoms with Crippen LogP contribution in [0.15, 0.2) is 0 Å². The van der Waals surface area contributed by atoms with E-state index in [2.05, 4.69) is 30.7 Å². The summed E-state index contributed by atoms with van der Waals surface area (Å²) in [6.45, 7) is 9.53. The molecule has 1 unspecified atom stereocenters. The zero-order chi connectivity index (χ0) is 15.1. The Kier molecular flexibility index (Phi) is 4.35. The van der Waals surface area contributed by atoms with Gasteiger partial charge in [0, 0.05) is 11.5 Å². The van der Waals surface area contributed by atoms with Crippen LogP contribution in [0.25, 0.3) is 0 Å². The maximum atomic E-state index is 12.8. The molecule has 0 aromatic heterocycles. The van der Waals surface area contributed by atoms with Crippen LogP contribution in [-0.2, 0) is 0 Å². The first-order chi connectivity index (χ1) is 9.95. The van der Waals surface area contributed by atoms with Crippen molar-refractivity contribution in [3.05, 3.63) is 0 Å². The predicted molar refractivity (Wildman–Crippen MR) is 86.3 cm³/mol. The van der Waals surface area contributed by atoms with Crippen LogP contribution in [0.4, 0.5) is 4.39 Å². The summed E-state index contributed by atoms with van der Waals surface area (Å²) in [7, 11) is 2.11. The van der Waals surface area contributed by atoms with Gasteiger partial charge in [-0.1, -0.05) is 0 Å². The van der Waals surface area contributed by atoms with Gasteiger partial charge in [0.25, 0.3) is 0 Å². The van der Waals surface area contributed by atoms with E-state index < -0.39 is 6.17 Å². The van der Waals surface area contributed by atoms with Gasteiger partial charge in [-0.05, 0) is 97.4 Å². The number of hydrogen-bond donors (Lipinski definition) is 0. The van der Waals surface area contributed by atoms with Gasteiger partial charge in [-0.3, -0.25) is 0 Å². The van der Waals surface area contributed by atoms with Crippen LogP contribution >= 0.6 is 0 Å². The second-order valence-electron chi connectivity index (χ2n) is 8.47. The number of hydrogen-bond acceptors (Lipinski definition) is 2. The Hall–Kier alpha value is -0.150. The third kappa shape index (κ3) is 3.61. The summed E-state index contributed by atoms with van der Waals surface area (Å²) >= 11 is 0. The van der Waals surface area contributed by atoms with Crippen LogP contribution in [0.1, 0.15) is 58.8 Å². The highest BCUT2D eigenvalue weighted by atomic mass is 19.1. The molecule has 0 radical (unpaired) electrons. The van der Waals surface area contributed by atoms with Crippen LogP contribution in [0.5, 0.6) is 0 Å². The molecular weight excluding hydrogens is 263 g/mol. The Morgan fingerprint density at radius 1 is 0.905 bits per heavy atom. The fraction of sp³-hybridized carbons (Fsp3) is 1.00. The molecule has 2 heterocycles. The normalized spacial score (nSPS) is 33.9. The van der Waals surface area contributed by atoms with E-state index in [0.717, 1.165) is 43.8 Å². The maximum Gasteiger partial charge on any atom is 0.107 e. The lowest BCUT2D eigenvalue weighted by atomic mass is 9.93. The molecule has 21 heavy (non-hydrogen) atoms. The molecule has 3 heteroatoms. The first-order valence-corrected chi connectivity index (χ1v) is 9.02. The highest BCUT2D eigenvalue weighted by Gasteiger charge is 2.55. The summed E-state index contributed by atoms with van der Waals surface area (Å²) < 4.78 is 12.8. The highest BCUT2D eigenvalue weighted by molar-refractivity contribution is 5.05. The molecule has 0 bridgehead atoms. The number of piperidine rings is 2. The maximum absolute atomic E-state index is 12.8. The SMILES string of the molecule is CC(C)N1CCC2(CC1)CC2.CN1CCC2(CC1)CC2F. The van der Waals surface area contributed by atoms with Gasteiger partial charge in [0.2, 0.25) is 0 Å². The zero-order valence-corrected chi connectivity index (χ0v) is 14.2. The first kappa shape index (κ1) is 15.7. The molecule has 0 amide bonds. The predicted octanol–water partition coefficient (Wildman–Crippen LogP) is 3.71. The topological polar surface area (TPSA) is 6.48 Å². The number of halogens is 1. The molecule has 2 aliphatic carbocycles. The Bertz CT molecular complexity index is 346. The van der Waals surface area contributed by atoms with E-state index in [0.29, 0.717) is 0 Å². The molecule has 0 N–H and O–H groups in total. The molecule has 2 nitrogen and oxygen atoms in total. The van der Waals surface area contributed by atoms with E-state index in [1.54, 1.807) is 0 Å². The van der Waals surface area contributed by atoms with Crippen molar-refractivity contribution in [2.24, 2.45) is 10.8 Å². The Labute approximate surface area is 130 Å². The van der Waals surface area contributed by atoms with Gasteiger partial charge >= 0.3 is 0 Å². The molecule has 4 rings (SSSR count). The average Bonchev–Trinajstić information content (AvgIpc) is 3.35. The number of nitrogens with zero attached hydrogens (tertiary/aromatic N) is 2. The van der Waals surface area contributed by atoms with Crippen LogP contribution in [0.3, 0.4) is 0 Å². The quantitative estimate of drug-likeness (QED) is 0.728. The summed E-state index contributed by atoms with van der Waals surface area (Å²) in [6, 6.07) is 0.770. The van der Waals surface area contributed by atoms with Gasteiger partial charge < -0.3 is 9.80 Å². The van der Waals surface area contributed by atoms with Crippen molar-refractivity contribution in [2.45, 2.75) is 71.0 Å². The first-order valence-electron chi connectivity index (χ1n) is 9.02. The van der Waals surface area contributed by atoms with Crippen LogP contribution in [0, 0.1) is 10.8 Å². The van der Waals surface area contributed by atoms with Crippen molar-refractivity contribution in [3.63, 3.8) is 0 Å². The third-order valence-corrected chi connectivity index (χ3v) is 6.62. The largest absolute Gasteiger partial charge is 0.306 e. The minimum atomic E-state index is -0.457. The van der Waals surface area contributed by atoms with Crippen molar-refractivity contribution in [1.82, 2.24) is 9.80 Å². The highest BCUT2D eigenvalue weighted by Crippen LogP contribution is 2.55. The van der Waals surface area contributed by atoms with Crippen molar-refractivity contribution in [3.8, 4) is 0 Å². The zero-order valence-electron chi connectivity index (χ0n) is 14.2. The van der Waals surface area contributed by atoms with Gasteiger partial charge in [0.05, 0.1) is 0 Å². The van der Waals surface area contributed by atoms with Crippen molar-refractivity contribution in [1.29, 1.82) is 0 Å². The van der Waals surface area contributed by atoms with Gasteiger partial charge in [-0.25, -0.2) is 4.39 Å². The monoisotopic (exact) mass is 296 g/mol. The molecule has 1 atom stereocenters. The minimum Gasteiger partial charge on any atom is -0.306 e. The number of likely N-dealkylation sites (tertiary alicyclic amines) is 2. The van der Waals surface area contributed by atoms with Crippen molar-refractivity contribution in [2.75, 3.05) is 33.2 Å². The lowest BCUT2D eigenvalue weighted by molar-refractivity contribution is 0.140. The molecule has 2 saturated heterocycles. The summed E-state index contributed by atoms with van der Waals surface area (Å²) in [4.78, 5) is 4.90. The van der Waals surface area contributed by atoms with Gasteiger partial charge in [0.15, 0.2) is 0 Å². The Morgan fingerprint density at radius 3 is 1.81 bits per heavy atom. The Balaban J connectivity index is 0.000000126. The van der Waals surface area contributed by atoms with Crippen molar-refractivity contribution >= 4 is 0 Å². The van der Waals surface area contributed by atoms with Gasteiger partial charge in [-0.2, -0.15) is 0 Å².